The summed E-state index contributed by atoms with van der Waals surface area (Å²) < 4.78 is 19.3. The molecule has 0 atom stereocenters. The van der Waals surface area contributed by atoms with Gasteiger partial charge in [-0.25, -0.2) is 9.37 Å². The van der Waals surface area contributed by atoms with Crippen molar-refractivity contribution in [1.29, 1.82) is 0 Å². The molecule has 0 saturated heterocycles. The van der Waals surface area contributed by atoms with Crippen molar-refractivity contribution in [3.8, 4) is 0 Å². The zero-order valence-electron chi connectivity index (χ0n) is 12.1. The van der Waals surface area contributed by atoms with E-state index >= 15 is 0 Å². The molecule has 0 spiro atoms. The minimum absolute atomic E-state index is 0.0780. The van der Waals surface area contributed by atoms with Gasteiger partial charge in [-0.3, -0.25) is 0 Å². The minimum atomic E-state index is -0.390. The number of nitrogens with zero attached hydrogens (tertiary/aromatic N) is 2. The van der Waals surface area contributed by atoms with E-state index in [1.807, 2.05) is 20.8 Å². The molecule has 5 nitrogen and oxygen atoms in total. The van der Waals surface area contributed by atoms with Crippen molar-refractivity contribution >= 4 is 11.7 Å². The predicted octanol–water partition coefficient (Wildman–Crippen LogP) is 3.15. The SMILES string of the molecule is Cc1cc(Nc2nccc(CNC(C)(C)C)c2F)on1. The maximum absolute atomic E-state index is 14.3. The third-order valence-corrected chi connectivity index (χ3v) is 2.65. The van der Waals surface area contributed by atoms with Crippen LogP contribution < -0.4 is 10.6 Å². The summed E-state index contributed by atoms with van der Waals surface area (Å²) in [5.41, 5.74) is 1.19. The van der Waals surface area contributed by atoms with Crippen LogP contribution in [0.2, 0.25) is 0 Å². The molecule has 2 rings (SSSR count). The van der Waals surface area contributed by atoms with Gasteiger partial charge in [0.1, 0.15) is 0 Å². The van der Waals surface area contributed by atoms with Crippen molar-refractivity contribution in [3.05, 3.63) is 35.4 Å². The molecule has 0 fully saturated rings. The van der Waals surface area contributed by atoms with Gasteiger partial charge in [-0.05, 0) is 33.8 Å². The summed E-state index contributed by atoms with van der Waals surface area (Å²) >= 11 is 0. The van der Waals surface area contributed by atoms with Crippen LogP contribution in [0.4, 0.5) is 16.1 Å². The van der Waals surface area contributed by atoms with E-state index in [4.69, 9.17) is 4.52 Å². The largest absolute Gasteiger partial charge is 0.338 e. The van der Waals surface area contributed by atoms with Crippen LogP contribution in [0, 0.1) is 12.7 Å². The van der Waals surface area contributed by atoms with Crippen molar-refractivity contribution in [2.24, 2.45) is 0 Å². The van der Waals surface area contributed by atoms with Gasteiger partial charge in [0.15, 0.2) is 11.6 Å². The van der Waals surface area contributed by atoms with Gasteiger partial charge < -0.3 is 15.2 Å². The van der Waals surface area contributed by atoms with Crippen LogP contribution in [0.15, 0.2) is 22.9 Å². The second kappa shape index (κ2) is 5.58. The molecule has 108 valence electrons. The Morgan fingerprint density at radius 2 is 2.10 bits per heavy atom. The lowest BCUT2D eigenvalue weighted by Crippen LogP contribution is -2.35. The van der Waals surface area contributed by atoms with Crippen LogP contribution in [0.25, 0.3) is 0 Å². The Hall–Kier alpha value is -1.95. The van der Waals surface area contributed by atoms with Crippen LogP contribution in [0.1, 0.15) is 32.0 Å². The molecule has 0 aliphatic carbocycles. The highest BCUT2D eigenvalue weighted by molar-refractivity contribution is 5.51. The van der Waals surface area contributed by atoms with E-state index in [0.29, 0.717) is 18.0 Å². The smallest absolute Gasteiger partial charge is 0.230 e. The summed E-state index contributed by atoms with van der Waals surface area (Å²) in [6.45, 7) is 8.32. The Morgan fingerprint density at radius 1 is 1.35 bits per heavy atom. The molecule has 0 saturated carbocycles. The Kier molecular flexibility index (Phi) is 4.04. The first-order valence-electron chi connectivity index (χ1n) is 6.44. The van der Waals surface area contributed by atoms with Gasteiger partial charge in [-0.2, -0.15) is 0 Å². The normalized spacial score (nSPS) is 11.7. The van der Waals surface area contributed by atoms with Crippen LogP contribution in [-0.2, 0) is 6.54 Å². The summed E-state index contributed by atoms with van der Waals surface area (Å²) in [4.78, 5) is 3.99. The molecular weight excluding hydrogens is 259 g/mol. The van der Waals surface area contributed by atoms with E-state index in [2.05, 4.69) is 20.8 Å². The van der Waals surface area contributed by atoms with E-state index < -0.39 is 5.82 Å². The number of anilines is 2. The second-order valence-electron chi connectivity index (χ2n) is 5.69. The molecule has 6 heteroatoms. The van der Waals surface area contributed by atoms with E-state index in [1.54, 1.807) is 25.3 Å². The number of nitrogens with one attached hydrogen (secondary N) is 2. The van der Waals surface area contributed by atoms with Gasteiger partial charge in [0, 0.05) is 29.9 Å². The fourth-order valence-corrected chi connectivity index (χ4v) is 1.61. The lowest BCUT2D eigenvalue weighted by Gasteiger charge is -2.21. The average Bonchev–Trinajstić information content (AvgIpc) is 2.75. The predicted molar refractivity (Wildman–Crippen MR) is 75.3 cm³/mol. The number of rotatable bonds is 4. The highest BCUT2D eigenvalue weighted by Crippen LogP contribution is 2.21. The third kappa shape index (κ3) is 3.77. The number of pyridine rings is 1. The maximum Gasteiger partial charge on any atom is 0.230 e. The fourth-order valence-electron chi connectivity index (χ4n) is 1.61. The Labute approximate surface area is 117 Å². The van der Waals surface area contributed by atoms with Crippen LogP contribution in [-0.4, -0.2) is 15.7 Å². The van der Waals surface area contributed by atoms with Gasteiger partial charge in [0.05, 0.1) is 5.69 Å². The number of aromatic nitrogens is 2. The van der Waals surface area contributed by atoms with Crippen molar-refractivity contribution in [1.82, 2.24) is 15.5 Å². The standard InChI is InChI=1S/C14H19FN4O/c1-9-7-11(20-19-9)18-13-12(15)10(5-6-16-13)8-17-14(2,3)4/h5-7,17H,8H2,1-4H3,(H,16,18). The molecule has 0 radical (unpaired) electrons. The first-order chi connectivity index (χ1) is 9.35. The van der Waals surface area contributed by atoms with Crippen molar-refractivity contribution in [2.45, 2.75) is 39.8 Å². The van der Waals surface area contributed by atoms with Gasteiger partial charge in [0.2, 0.25) is 5.88 Å². The summed E-state index contributed by atoms with van der Waals surface area (Å²) in [5, 5.41) is 9.76. The lowest BCUT2D eigenvalue weighted by atomic mass is 10.1. The number of aryl methyl sites for hydroxylation is 1. The topological polar surface area (TPSA) is 63.0 Å². The summed E-state index contributed by atoms with van der Waals surface area (Å²) in [7, 11) is 0. The molecule has 2 aromatic heterocycles. The molecule has 0 aliphatic heterocycles. The van der Waals surface area contributed by atoms with Crippen molar-refractivity contribution < 1.29 is 8.91 Å². The van der Waals surface area contributed by atoms with Gasteiger partial charge in [0.25, 0.3) is 0 Å². The first-order valence-corrected chi connectivity index (χ1v) is 6.44. The van der Waals surface area contributed by atoms with E-state index in [1.165, 1.54) is 0 Å². The maximum atomic E-state index is 14.3. The molecule has 2 N–H and O–H groups in total. The summed E-state index contributed by atoms with van der Waals surface area (Å²) in [6, 6.07) is 3.34. The van der Waals surface area contributed by atoms with Crippen LogP contribution in [0.5, 0.6) is 0 Å². The quantitative estimate of drug-likeness (QED) is 0.899. The Bertz CT molecular complexity index is 589. The fraction of sp³-hybridized carbons (Fsp3) is 0.429. The molecule has 20 heavy (non-hydrogen) atoms. The molecule has 0 aliphatic rings. The molecule has 0 bridgehead atoms. The molecular formula is C14H19FN4O. The van der Waals surface area contributed by atoms with E-state index in [-0.39, 0.29) is 11.4 Å². The van der Waals surface area contributed by atoms with Crippen LogP contribution in [0.3, 0.4) is 0 Å². The van der Waals surface area contributed by atoms with Gasteiger partial charge >= 0.3 is 0 Å². The zero-order chi connectivity index (χ0) is 14.8. The highest BCUT2D eigenvalue weighted by Gasteiger charge is 2.14. The number of hydrogen-bond donors (Lipinski definition) is 2. The Morgan fingerprint density at radius 3 is 2.70 bits per heavy atom. The Balaban J connectivity index is 2.14. The van der Waals surface area contributed by atoms with Gasteiger partial charge in [-0.15, -0.1) is 0 Å². The monoisotopic (exact) mass is 278 g/mol. The van der Waals surface area contributed by atoms with E-state index in [9.17, 15) is 4.39 Å². The molecule has 0 amide bonds. The van der Waals surface area contributed by atoms with Crippen molar-refractivity contribution in [3.63, 3.8) is 0 Å². The minimum Gasteiger partial charge on any atom is -0.338 e. The third-order valence-electron chi connectivity index (χ3n) is 2.65. The summed E-state index contributed by atoms with van der Waals surface area (Å²) in [6.07, 6.45) is 1.56. The second-order valence-corrected chi connectivity index (χ2v) is 5.69. The van der Waals surface area contributed by atoms with Gasteiger partial charge in [-0.1, -0.05) is 5.16 Å². The van der Waals surface area contributed by atoms with Crippen LogP contribution >= 0.6 is 0 Å². The average molecular weight is 278 g/mol. The lowest BCUT2D eigenvalue weighted by molar-refractivity contribution is 0.418. The first kappa shape index (κ1) is 14.5. The molecule has 0 unspecified atom stereocenters. The molecule has 2 heterocycles. The zero-order valence-corrected chi connectivity index (χ0v) is 12.1. The highest BCUT2D eigenvalue weighted by atomic mass is 19.1. The van der Waals surface area contributed by atoms with Crippen molar-refractivity contribution in [2.75, 3.05) is 5.32 Å². The molecule has 2 aromatic rings. The molecule has 0 aromatic carbocycles. The summed E-state index contributed by atoms with van der Waals surface area (Å²) in [5.74, 6) is 0.113. The van der Waals surface area contributed by atoms with E-state index in [0.717, 1.165) is 5.69 Å². The number of halogens is 1. The number of hydrogen-bond acceptors (Lipinski definition) is 5.